The van der Waals surface area contributed by atoms with Gasteiger partial charge in [-0.1, -0.05) is 6.92 Å². The van der Waals surface area contributed by atoms with Crippen LogP contribution in [0.2, 0.25) is 0 Å². The van der Waals surface area contributed by atoms with Crippen LogP contribution in [0.15, 0.2) is 0 Å². The van der Waals surface area contributed by atoms with Crippen molar-refractivity contribution in [1.82, 2.24) is 0 Å². The number of rotatable bonds is 2. The third-order valence-corrected chi connectivity index (χ3v) is 3.43. The summed E-state index contributed by atoms with van der Waals surface area (Å²) in [5.74, 6) is 2.69. The zero-order valence-electron chi connectivity index (χ0n) is 6.73. The molecule has 2 N–H and O–H groups in total. The molecule has 0 saturated carbocycles. The van der Waals surface area contributed by atoms with Crippen molar-refractivity contribution < 1.29 is 0 Å². The van der Waals surface area contributed by atoms with E-state index >= 15 is 0 Å². The third kappa shape index (κ3) is 2.17. The smallest absolute Gasteiger partial charge is 0.00623 e. The molecule has 1 aliphatic heterocycles. The predicted molar refractivity (Wildman–Crippen MR) is 48.3 cm³/mol. The van der Waals surface area contributed by atoms with Crippen LogP contribution in [-0.2, 0) is 0 Å². The van der Waals surface area contributed by atoms with Gasteiger partial charge in [-0.15, -0.1) is 0 Å². The highest BCUT2D eigenvalue weighted by Crippen LogP contribution is 2.36. The summed E-state index contributed by atoms with van der Waals surface area (Å²) in [5, 5.41) is 0. The van der Waals surface area contributed by atoms with Gasteiger partial charge in [-0.3, -0.25) is 0 Å². The summed E-state index contributed by atoms with van der Waals surface area (Å²) in [5.41, 5.74) is 6.12. The molecular formula is C8H17NS. The largest absolute Gasteiger partial charge is 0.330 e. The molecule has 0 bridgehead atoms. The summed E-state index contributed by atoms with van der Waals surface area (Å²) < 4.78 is 0. The minimum absolute atomic E-state index is 0.583. The van der Waals surface area contributed by atoms with Crippen LogP contribution in [0.4, 0.5) is 0 Å². The monoisotopic (exact) mass is 159 g/mol. The lowest BCUT2D eigenvalue weighted by atomic mass is 9.81. The molecule has 0 aromatic heterocycles. The summed E-state index contributed by atoms with van der Waals surface area (Å²) in [7, 11) is 0. The van der Waals surface area contributed by atoms with Crippen LogP contribution in [0.1, 0.15) is 26.2 Å². The molecule has 0 unspecified atom stereocenters. The second-order valence-corrected chi connectivity index (χ2v) is 4.69. The lowest BCUT2D eigenvalue weighted by Crippen LogP contribution is -2.25. The highest BCUT2D eigenvalue weighted by Gasteiger charge is 2.25. The molecule has 1 aliphatic rings. The minimum Gasteiger partial charge on any atom is -0.330 e. The zero-order chi connectivity index (χ0) is 7.45. The summed E-state index contributed by atoms with van der Waals surface area (Å²) in [6, 6.07) is 0. The average molecular weight is 159 g/mol. The summed E-state index contributed by atoms with van der Waals surface area (Å²) >= 11 is 2.08. The Balaban J connectivity index is 2.32. The van der Waals surface area contributed by atoms with Gasteiger partial charge in [0.1, 0.15) is 0 Å². The van der Waals surface area contributed by atoms with Crippen molar-refractivity contribution in [1.29, 1.82) is 0 Å². The highest BCUT2D eigenvalue weighted by molar-refractivity contribution is 7.99. The lowest BCUT2D eigenvalue weighted by molar-refractivity contribution is 0.277. The minimum atomic E-state index is 0.583. The molecule has 0 amide bonds. The summed E-state index contributed by atoms with van der Waals surface area (Å²) in [6.07, 6.45) is 3.96. The Kier molecular flexibility index (Phi) is 3.05. The summed E-state index contributed by atoms with van der Waals surface area (Å²) in [6.45, 7) is 3.24. The van der Waals surface area contributed by atoms with Crippen LogP contribution in [0.3, 0.4) is 0 Å². The molecule has 1 saturated heterocycles. The second-order valence-electron chi connectivity index (χ2n) is 3.46. The molecule has 0 aromatic carbocycles. The van der Waals surface area contributed by atoms with E-state index in [0.717, 1.165) is 6.54 Å². The number of hydrogen-bond donors (Lipinski definition) is 1. The van der Waals surface area contributed by atoms with Crippen LogP contribution in [0.25, 0.3) is 0 Å². The number of thioether (sulfide) groups is 1. The normalized spacial score (nSPS) is 24.6. The lowest BCUT2D eigenvalue weighted by Gasteiger charge is -2.32. The van der Waals surface area contributed by atoms with Gasteiger partial charge in [0, 0.05) is 0 Å². The van der Waals surface area contributed by atoms with Crippen molar-refractivity contribution in [3.63, 3.8) is 0 Å². The first kappa shape index (κ1) is 8.41. The fraction of sp³-hybridized carbons (Fsp3) is 1.00. The maximum absolute atomic E-state index is 5.54. The first-order valence-electron chi connectivity index (χ1n) is 4.05. The molecule has 1 fully saturated rings. The molecule has 1 nitrogen and oxygen atoms in total. The van der Waals surface area contributed by atoms with E-state index in [0.29, 0.717) is 5.41 Å². The van der Waals surface area contributed by atoms with Gasteiger partial charge in [-0.05, 0) is 42.7 Å². The Labute approximate surface area is 67.8 Å². The van der Waals surface area contributed by atoms with Crippen LogP contribution in [-0.4, -0.2) is 18.1 Å². The topological polar surface area (TPSA) is 26.0 Å². The second kappa shape index (κ2) is 3.63. The van der Waals surface area contributed by atoms with Crippen LogP contribution >= 0.6 is 11.8 Å². The molecule has 2 heteroatoms. The highest BCUT2D eigenvalue weighted by atomic mass is 32.2. The maximum atomic E-state index is 5.54. The molecule has 0 spiro atoms. The van der Waals surface area contributed by atoms with E-state index in [4.69, 9.17) is 5.73 Å². The molecule has 60 valence electrons. The van der Waals surface area contributed by atoms with E-state index in [1.54, 1.807) is 0 Å². The van der Waals surface area contributed by atoms with Crippen molar-refractivity contribution in [3.05, 3.63) is 0 Å². The Morgan fingerprint density at radius 1 is 1.40 bits per heavy atom. The molecular weight excluding hydrogens is 142 g/mol. The molecule has 0 atom stereocenters. The van der Waals surface area contributed by atoms with E-state index in [9.17, 15) is 0 Å². The van der Waals surface area contributed by atoms with Crippen LogP contribution in [0.5, 0.6) is 0 Å². The van der Waals surface area contributed by atoms with Crippen molar-refractivity contribution in [2.45, 2.75) is 26.2 Å². The predicted octanol–water partition coefficient (Wildman–Crippen LogP) is 1.87. The van der Waals surface area contributed by atoms with E-state index < -0.39 is 0 Å². The SMILES string of the molecule is CC1(CCN)CCSCC1. The number of nitrogens with two attached hydrogens (primary N) is 1. The molecule has 0 aromatic rings. The van der Waals surface area contributed by atoms with Gasteiger partial charge in [0.05, 0.1) is 0 Å². The quantitative estimate of drug-likeness (QED) is 0.665. The van der Waals surface area contributed by atoms with Gasteiger partial charge in [0.15, 0.2) is 0 Å². The summed E-state index contributed by atoms with van der Waals surface area (Å²) in [4.78, 5) is 0. The third-order valence-electron chi connectivity index (χ3n) is 2.45. The maximum Gasteiger partial charge on any atom is -0.00623 e. The van der Waals surface area contributed by atoms with Crippen molar-refractivity contribution in [2.75, 3.05) is 18.1 Å². The van der Waals surface area contributed by atoms with Crippen molar-refractivity contribution >= 4 is 11.8 Å². The van der Waals surface area contributed by atoms with Gasteiger partial charge in [0.25, 0.3) is 0 Å². The van der Waals surface area contributed by atoms with E-state index in [1.165, 1.54) is 30.8 Å². The van der Waals surface area contributed by atoms with Crippen LogP contribution < -0.4 is 5.73 Å². The first-order valence-corrected chi connectivity index (χ1v) is 5.20. The average Bonchev–Trinajstić information content (AvgIpc) is 1.89. The zero-order valence-corrected chi connectivity index (χ0v) is 7.54. The molecule has 0 radical (unpaired) electrons. The van der Waals surface area contributed by atoms with Crippen molar-refractivity contribution in [2.24, 2.45) is 11.1 Å². The molecule has 1 heterocycles. The Hall–Kier alpha value is 0.310. The fourth-order valence-corrected chi connectivity index (χ4v) is 2.94. The standard InChI is InChI=1S/C8H17NS/c1-8(2-5-9)3-6-10-7-4-8/h2-7,9H2,1H3. The Bertz CT molecular complexity index is 91.9. The van der Waals surface area contributed by atoms with Gasteiger partial charge >= 0.3 is 0 Å². The molecule has 10 heavy (non-hydrogen) atoms. The molecule has 1 rings (SSSR count). The van der Waals surface area contributed by atoms with Gasteiger partial charge < -0.3 is 5.73 Å². The van der Waals surface area contributed by atoms with E-state index in [1.807, 2.05) is 0 Å². The Morgan fingerprint density at radius 2 is 2.00 bits per heavy atom. The van der Waals surface area contributed by atoms with Crippen molar-refractivity contribution in [3.8, 4) is 0 Å². The molecule has 0 aliphatic carbocycles. The van der Waals surface area contributed by atoms with Gasteiger partial charge in [-0.25, -0.2) is 0 Å². The number of hydrogen-bond acceptors (Lipinski definition) is 2. The Morgan fingerprint density at radius 3 is 2.50 bits per heavy atom. The first-order chi connectivity index (χ1) is 4.77. The van der Waals surface area contributed by atoms with E-state index in [-0.39, 0.29) is 0 Å². The van der Waals surface area contributed by atoms with Gasteiger partial charge in [-0.2, -0.15) is 11.8 Å². The van der Waals surface area contributed by atoms with Gasteiger partial charge in [0.2, 0.25) is 0 Å². The van der Waals surface area contributed by atoms with Crippen LogP contribution in [0, 0.1) is 5.41 Å². The fourth-order valence-electron chi connectivity index (χ4n) is 1.46. The van der Waals surface area contributed by atoms with E-state index in [2.05, 4.69) is 18.7 Å².